The minimum Gasteiger partial charge on any atom is -0.497 e. The van der Waals surface area contributed by atoms with E-state index < -0.39 is 0 Å². The van der Waals surface area contributed by atoms with Gasteiger partial charge in [0.05, 0.1) is 27.3 Å². The van der Waals surface area contributed by atoms with Gasteiger partial charge in [-0.15, -0.1) is 0 Å². The van der Waals surface area contributed by atoms with Crippen molar-refractivity contribution in [1.82, 2.24) is 4.90 Å². The van der Waals surface area contributed by atoms with Crippen LogP contribution < -0.4 is 20.1 Å². The molecule has 7 heteroatoms. The van der Waals surface area contributed by atoms with Crippen LogP contribution in [0.3, 0.4) is 0 Å². The zero-order valence-electron chi connectivity index (χ0n) is 19.1. The van der Waals surface area contributed by atoms with Gasteiger partial charge >= 0.3 is 0 Å². The Morgan fingerprint density at radius 1 is 0.727 bits per heavy atom. The SMILES string of the molecule is COc1ccc(NC(=O)CN(CC(=O)Nc2ccc(OC)cc2)[C@@H](C)c2ccccc2)cc1. The predicted octanol–water partition coefficient (Wildman–Crippen LogP) is 4.34. The second kappa shape index (κ2) is 11.7. The van der Waals surface area contributed by atoms with E-state index in [4.69, 9.17) is 9.47 Å². The molecular weight excluding hydrogens is 418 g/mol. The van der Waals surface area contributed by atoms with E-state index >= 15 is 0 Å². The molecule has 0 saturated carbocycles. The van der Waals surface area contributed by atoms with Crippen LogP contribution in [0.1, 0.15) is 18.5 Å². The normalized spacial score (nSPS) is 11.5. The summed E-state index contributed by atoms with van der Waals surface area (Å²) in [6, 6.07) is 23.9. The molecular formula is C26H29N3O4. The van der Waals surface area contributed by atoms with Gasteiger partial charge in [0.2, 0.25) is 11.8 Å². The van der Waals surface area contributed by atoms with E-state index in [1.165, 1.54) is 0 Å². The Labute approximate surface area is 194 Å². The molecule has 0 unspecified atom stereocenters. The topological polar surface area (TPSA) is 79.9 Å². The predicted molar refractivity (Wildman–Crippen MR) is 130 cm³/mol. The fraction of sp³-hybridized carbons (Fsp3) is 0.231. The molecule has 0 heterocycles. The van der Waals surface area contributed by atoms with E-state index in [2.05, 4.69) is 10.6 Å². The number of carbonyl (C=O) groups is 2. The molecule has 172 valence electrons. The number of amides is 2. The molecule has 2 amide bonds. The molecule has 0 fully saturated rings. The van der Waals surface area contributed by atoms with E-state index in [-0.39, 0.29) is 30.9 Å². The van der Waals surface area contributed by atoms with Crippen LogP contribution in [0.4, 0.5) is 11.4 Å². The summed E-state index contributed by atoms with van der Waals surface area (Å²) >= 11 is 0. The zero-order chi connectivity index (χ0) is 23.6. The maximum Gasteiger partial charge on any atom is 0.238 e. The molecule has 3 aromatic carbocycles. The van der Waals surface area contributed by atoms with Gasteiger partial charge in [-0.1, -0.05) is 30.3 Å². The van der Waals surface area contributed by atoms with Crippen molar-refractivity contribution in [2.75, 3.05) is 37.9 Å². The molecule has 2 N–H and O–H groups in total. The number of nitrogens with zero attached hydrogens (tertiary/aromatic N) is 1. The lowest BCUT2D eigenvalue weighted by Crippen LogP contribution is -2.40. The van der Waals surface area contributed by atoms with E-state index in [9.17, 15) is 9.59 Å². The number of carbonyl (C=O) groups excluding carboxylic acids is 2. The Bertz CT molecular complexity index is 974. The molecule has 3 aromatic rings. The van der Waals surface area contributed by atoms with Gasteiger partial charge in [0, 0.05) is 17.4 Å². The van der Waals surface area contributed by atoms with Crippen molar-refractivity contribution in [3.8, 4) is 11.5 Å². The number of nitrogens with one attached hydrogen (secondary N) is 2. The third kappa shape index (κ3) is 7.08. The second-order valence-electron chi connectivity index (χ2n) is 7.54. The van der Waals surface area contributed by atoms with E-state index in [0.717, 1.165) is 5.56 Å². The largest absolute Gasteiger partial charge is 0.497 e. The van der Waals surface area contributed by atoms with Crippen molar-refractivity contribution >= 4 is 23.2 Å². The van der Waals surface area contributed by atoms with Crippen LogP contribution in [0, 0.1) is 0 Å². The molecule has 3 rings (SSSR count). The summed E-state index contributed by atoms with van der Waals surface area (Å²) in [5, 5.41) is 5.77. The fourth-order valence-electron chi connectivity index (χ4n) is 3.39. The summed E-state index contributed by atoms with van der Waals surface area (Å²) in [5.41, 5.74) is 2.35. The van der Waals surface area contributed by atoms with Crippen molar-refractivity contribution in [3.05, 3.63) is 84.4 Å². The van der Waals surface area contributed by atoms with Crippen molar-refractivity contribution in [1.29, 1.82) is 0 Å². The summed E-state index contributed by atoms with van der Waals surface area (Å²) in [6.07, 6.45) is 0. The van der Waals surface area contributed by atoms with Crippen LogP contribution in [-0.2, 0) is 9.59 Å². The van der Waals surface area contributed by atoms with Gasteiger partial charge < -0.3 is 20.1 Å². The summed E-state index contributed by atoms with van der Waals surface area (Å²) in [4.78, 5) is 27.4. The zero-order valence-corrected chi connectivity index (χ0v) is 19.1. The van der Waals surface area contributed by atoms with Crippen LogP contribution in [0.15, 0.2) is 78.9 Å². The lowest BCUT2D eigenvalue weighted by Gasteiger charge is -2.28. The third-order valence-electron chi connectivity index (χ3n) is 5.27. The van der Waals surface area contributed by atoms with E-state index in [1.807, 2.05) is 42.2 Å². The molecule has 0 aromatic heterocycles. The molecule has 7 nitrogen and oxygen atoms in total. The highest BCUT2D eigenvalue weighted by molar-refractivity contribution is 5.94. The number of anilines is 2. The highest BCUT2D eigenvalue weighted by Crippen LogP contribution is 2.21. The van der Waals surface area contributed by atoms with Crippen LogP contribution in [-0.4, -0.2) is 44.0 Å². The number of rotatable bonds is 10. The van der Waals surface area contributed by atoms with E-state index in [1.54, 1.807) is 62.8 Å². The summed E-state index contributed by atoms with van der Waals surface area (Å²) in [5.74, 6) is 1.01. The smallest absolute Gasteiger partial charge is 0.238 e. The van der Waals surface area contributed by atoms with Crippen LogP contribution in [0.2, 0.25) is 0 Å². The lowest BCUT2D eigenvalue weighted by atomic mass is 10.1. The lowest BCUT2D eigenvalue weighted by molar-refractivity contribution is -0.120. The first-order valence-corrected chi connectivity index (χ1v) is 10.7. The number of hydrogen-bond acceptors (Lipinski definition) is 5. The molecule has 0 saturated heterocycles. The van der Waals surface area contributed by atoms with Crippen molar-refractivity contribution < 1.29 is 19.1 Å². The fourth-order valence-corrected chi connectivity index (χ4v) is 3.39. The highest BCUT2D eigenvalue weighted by Gasteiger charge is 2.22. The highest BCUT2D eigenvalue weighted by atomic mass is 16.5. The van der Waals surface area contributed by atoms with Gasteiger partial charge in [0.25, 0.3) is 0 Å². The summed E-state index contributed by atoms with van der Waals surface area (Å²) in [6.45, 7) is 2.09. The number of benzene rings is 3. The number of methoxy groups -OCH3 is 2. The Hall–Kier alpha value is -3.84. The minimum absolute atomic E-state index is 0.0537. The molecule has 1 atom stereocenters. The van der Waals surface area contributed by atoms with E-state index in [0.29, 0.717) is 22.9 Å². The summed E-state index contributed by atoms with van der Waals surface area (Å²) in [7, 11) is 3.18. The average Bonchev–Trinajstić information content (AvgIpc) is 2.84. The Balaban J connectivity index is 1.69. The van der Waals surface area contributed by atoms with Crippen molar-refractivity contribution in [3.63, 3.8) is 0 Å². The van der Waals surface area contributed by atoms with Gasteiger partial charge in [-0.05, 0) is 61.0 Å². The van der Waals surface area contributed by atoms with Gasteiger partial charge in [-0.2, -0.15) is 0 Å². The van der Waals surface area contributed by atoms with Crippen LogP contribution >= 0.6 is 0 Å². The molecule has 0 aliphatic heterocycles. The Kier molecular flexibility index (Phi) is 8.43. The van der Waals surface area contributed by atoms with Gasteiger partial charge in [0.15, 0.2) is 0 Å². The van der Waals surface area contributed by atoms with Gasteiger partial charge in [-0.3, -0.25) is 14.5 Å². The molecule has 33 heavy (non-hydrogen) atoms. The van der Waals surface area contributed by atoms with Crippen molar-refractivity contribution in [2.45, 2.75) is 13.0 Å². The number of hydrogen-bond donors (Lipinski definition) is 2. The maximum absolute atomic E-state index is 12.8. The molecule has 0 aliphatic rings. The maximum atomic E-state index is 12.8. The molecule has 0 spiro atoms. The quantitative estimate of drug-likeness (QED) is 0.483. The first-order chi connectivity index (χ1) is 16.0. The van der Waals surface area contributed by atoms with Crippen LogP contribution in [0.25, 0.3) is 0 Å². The Morgan fingerprint density at radius 2 is 1.15 bits per heavy atom. The first-order valence-electron chi connectivity index (χ1n) is 10.7. The third-order valence-corrected chi connectivity index (χ3v) is 5.27. The minimum atomic E-state index is -0.208. The average molecular weight is 448 g/mol. The molecule has 0 radical (unpaired) electrons. The first kappa shape index (κ1) is 23.8. The number of ether oxygens (including phenoxy) is 2. The van der Waals surface area contributed by atoms with Crippen LogP contribution in [0.5, 0.6) is 11.5 Å². The Morgan fingerprint density at radius 3 is 1.55 bits per heavy atom. The van der Waals surface area contributed by atoms with Gasteiger partial charge in [0.1, 0.15) is 11.5 Å². The standard InChI is InChI=1S/C26H29N3O4/c1-19(20-7-5-4-6-8-20)29(17-25(30)27-21-9-13-23(32-2)14-10-21)18-26(31)28-22-11-15-24(33-3)16-12-22/h4-16,19H,17-18H2,1-3H3,(H,27,30)(H,28,31)/t19-/m0/s1. The monoisotopic (exact) mass is 447 g/mol. The second-order valence-corrected chi connectivity index (χ2v) is 7.54. The van der Waals surface area contributed by atoms with Crippen molar-refractivity contribution in [2.24, 2.45) is 0 Å². The van der Waals surface area contributed by atoms with Gasteiger partial charge in [-0.25, -0.2) is 0 Å². The molecule has 0 bridgehead atoms. The molecule has 0 aliphatic carbocycles. The summed E-state index contributed by atoms with van der Waals surface area (Å²) < 4.78 is 10.3.